The molecule has 0 fully saturated rings. The summed E-state index contributed by atoms with van der Waals surface area (Å²) in [4.78, 5) is 9.94. The molecule has 0 radical (unpaired) electrons. The zero-order chi connectivity index (χ0) is 9.40. The monoisotopic (exact) mass is 162 g/mol. The number of nitrogens with one attached hydrogen (secondary N) is 1. The van der Waals surface area contributed by atoms with Crippen LogP contribution in [0.4, 0.5) is 0 Å². The van der Waals surface area contributed by atoms with E-state index in [1.807, 2.05) is 6.07 Å². The quantitative estimate of drug-likeness (QED) is 0.384. The molecular formula is C9H10N2O. The fourth-order valence-electron chi connectivity index (χ4n) is 0.507. The third-order valence-corrected chi connectivity index (χ3v) is 1.15. The minimum Gasteiger partial charge on any atom is -0.333 e. The van der Waals surface area contributed by atoms with Gasteiger partial charge >= 0.3 is 0 Å². The first-order valence-corrected chi connectivity index (χ1v) is 3.36. The highest BCUT2D eigenvalue weighted by molar-refractivity contribution is 5.50. The normalized spacial score (nSPS) is 11.7. The predicted octanol–water partition coefficient (Wildman–Crippen LogP) is 1.27. The van der Waals surface area contributed by atoms with Crippen LogP contribution in [0.15, 0.2) is 36.1 Å². The van der Waals surface area contributed by atoms with Gasteiger partial charge in [-0.1, -0.05) is 12.7 Å². The summed E-state index contributed by atoms with van der Waals surface area (Å²) < 4.78 is 0. The largest absolute Gasteiger partial charge is 0.333 e. The molecule has 0 aliphatic heterocycles. The van der Waals surface area contributed by atoms with Gasteiger partial charge in [-0.3, -0.25) is 4.79 Å². The van der Waals surface area contributed by atoms with Crippen molar-refractivity contribution in [3.8, 4) is 6.07 Å². The van der Waals surface area contributed by atoms with Gasteiger partial charge in [-0.2, -0.15) is 5.26 Å². The predicted molar refractivity (Wildman–Crippen MR) is 46.8 cm³/mol. The molecule has 0 atom stereocenters. The Hall–Kier alpha value is -1.82. The molecule has 62 valence electrons. The standard InChI is InChI=1S/C9H10N2O/c1-3-9(6-10)5-4-8(2)11-7-12/h3-5,7H,1H2,2H3,(H,11,12)/b8-4+,9-5+. The molecule has 0 spiro atoms. The number of nitriles is 1. The van der Waals surface area contributed by atoms with Crippen molar-refractivity contribution < 1.29 is 4.79 Å². The second kappa shape index (κ2) is 5.93. The molecule has 0 aliphatic carbocycles. The minimum atomic E-state index is 0.460. The fourth-order valence-corrected chi connectivity index (χ4v) is 0.507. The maximum atomic E-state index is 9.94. The number of hydrogen-bond acceptors (Lipinski definition) is 2. The molecule has 1 N–H and O–H groups in total. The summed E-state index contributed by atoms with van der Waals surface area (Å²) in [5.74, 6) is 0. The molecule has 0 rings (SSSR count). The third kappa shape index (κ3) is 4.07. The van der Waals surface area contributed by atoms with Crippen LogP contribution in [0.3, 0.4) is 0 Å². The lowest BCUT2D eigenvalue weighted by Gasteiger charge is -1.92. The van der Waals surface area contributed by atoms with Crippen LogP contribution < -0.4 is 5.32 Å². The maximum Gasteiger partial charge on any atom is 0.211 e. The maximum absolute atomic E-state index is 9.94. The summed E-state index contributed by atoms with van der Waals surface area (Å²) in [7, 11) is 0. The van der Waals surface area contributed by atoms with Crippen molar-refractivity contribution in [1.82, 2.24) is 5.32 Å². The SMILES string of the molecule is C=C/C(C#N)=C\C=C(/C)NC=O. The summed E-state index contributed by atoms with van der Waals surface area (Å²) in [6.07, 6.45) is 5.25. The van der Waals surface area contributed by atoms with Gasteiger partial charge in [0.1, 0.15) is 0 Å². The van der Waals surface area contributed by atoms with Crippen LogP contribution >= 0.6 is 0 Å². The number of allylic oxidation sites excluding steroid dienone is 5. The number of carbonyl (C=O) groups excluding carboxylic acids is 1. The van der Waals surface area contributed by atoms with Gasteiger partial charge in [-0.15, -0.1) is 0 Å². The molecule has 0 heterocycles. The lowest BCUT2D eigenvalue weighted by atomic mass is 10.2. The highest BCUT2D eigenvalue weighted by Crippen LogP contribution is 1.95. The average molecular weight is 162 g/mol. The zero-order valence-electron chi connectivity index (χ0n) is 6.87. The van der Waals surface area contributed by atoms with E-state index in [-0.39, 0.29) is 0 Å². The Balaban J connectivity index is 4.35. The first-order chi connectivity index (χ1) is 5.74. The van der Waals surface area contributed by atoms with Gasteiger partial charge < -0.3 is 5.32 Å². The highest BCUT2D eigenvalue weighted by atomic mass is 16.1. The topological polar surface area (TPSA) is 52.9 Å². The van der Waals surface area contributed by atoms with Crippen LogP contribution in [0, 0.1) is 11.3 Å². The third-order valence-electron chi connectivity index (χ3n) is 1.15. The number of amides is 1. The molecule has 3 heteroatoms. The van der Waals surface area contributed by atoms with Crippen molar-refractivity contribution in [2.45, 2.75) is 6.92 Å². The Bertz CT molecular complexity index is 269. The Morgan fingerprint density at radius 1 is 1.58 bits per heavy atom. The van der Waals surface area contributed by atoms with Crippen molar-refractivity contribution in [1.29, 1.82) is 5.26 Å². The second-order valence-corrected chi connectivity index (χ2v) is 2.05. The van der Waals surface area contributed by atoms with E-state index in [2.05, 4.69) is 11.9 Å². The summed E-state index contributed by atoms with van der Waals surface area (Å²) in [6, 6.07) is 1.93. The molecule has 0 unspecified atom stereocenters. The smallest absolute Gasteiger partial charge is 0.211 e. The number of hydrogen-bond donors (Lipinski definition) is 1. The molecule has 0 aromatic heterocycles. The molecular weight excluding hydrogens is 152 g/mol. The first kappa shape index (κ1) is 10.2. The second-order valence-electron chi connectivity index (χ2n) is 2.05. The Labute approximate surface area is 71.7 Å². The van der Waals surface area contributed by atoms with Crippen LogP contribution in [0.5, 0.6) is 0 Å². The van der Waals surface area contributed by atoms with Gasteiger partial charge in [0.15, 0.2) is 0 Å². The summed E-state index contributed by atoms with van der Waals surface area (Å²) in [5.41, 5.74) is 1.14. The van der Waals surface area contributed by atoms with Crippen LogP contribution in [0.2, 0.25) is 0 Å². The van der Waals surface area contributed by atoms with Crippen LogP contribution in [-0.2, 0) is 4.79 Å². The van der Waals surface area contributed by atoms with Crippen molar-refractivity contribution in [2.75, 3.05) is 0 Å². The average Bonchev–Trinajstić information content (AvgIpc) is 2.07. The highest BCUT2D eigenvalue weighted by Gasteiger charge is 1.85. The Morgan fingerprint density at radius 2 is 2.25 bits per heavy atom. The number of nitrogens with zero attached hydrogens (tertiary/aromatic N) is 1. The molecule has 0 saturated heterocycles. The van der Waals surface area contributed by atoms with E-state index >= 15 is 0 Å². The van der Waals surface area contributed by atoms with E-state index in [0.717, 1.165) is 0 Å². The number of carbonyl (C=O) groups is 1. The van der Waals surface area contributed by atoms with E-state index in [0.29, 0.717) is 17.7 Å². The summed E-state index contributed by atoms with van der Waals surface area (Å²) >= 11 is 0. The van der Waals surface area contributed by atoms with E-state index in [4.69, 9.17) is 5.26 Å². The van der Waals surface area contributed by atoms with Gasteiger partial charge in [0.05, 0.1) is 11.6 Å². The van der Waals surface area contributed by atoms with Crippen LogP contribution in [0.1, 0.15) is 6.92 Å². The Morgan fingerprint density at radius 3 is 2.67 bits per heavy atom. The fraction of sp³-hybridized carbons (Fsp3) is 0.111. The van der Waals surface area contributed by atoms with E-state index in [1.54, 1.807) is 19.1 Å². The van der Waals surface area contributed by atoms with Crippen LogP contribution in [-0.4, -0.2) is 6.41 Å². The van der Waals surface area contributed by atoms with Crippen molar-refractivity contribution in [3.63, 3.8) is 0 Å². The van der Waals surface area contributed by atoms with E-state index < -0.39 is 0 Å². The summed E-state index contributed by atoms with van der Waals surface area (Å²) in [5, 5.41) is 10.9. The molecule has 1 amide bonds. The van der Waals surface area contributed by atoms with E-state index in [1.165, 1.54) is 6.08 Å². The molecule has 0 aromatic rings. The molecule has 3 nitrogen and oxygen atoms in total. The van der Waals surface area contributed by atoms with Gasteiger partial charge in [0, 0.05) is 5.70 Å². The van der Waals surface area contributed by atoms with Crippen molar-refractivity contribution in [3.05, 3.63) is 36.1 Å². The van der Waals surface area contributed by atoms with Gasteiger partial charge in [0.25, 0.3) is 0 Å². The molecule has 0 aliphatic rings. The lowest BCUT2D eigenvalue weighted by Crippen LogP contribution is -2.06. The molecule has 0 bridgehead atoms. The first-order valence-electron chi connectivity index (χ1n) is 3.36. The zero-order valence-corrected chi connectivity index (χ0v) is 6.87. The molecule has 12 heavy (non-hydrogen) atoms. The Kier molecular flexibility index (Phi) is 5.03. The van der Waals surface area contributed by atoms with Gasteiger partial charge in [-0.25, -0.2) is 0 Å². The number of rotatable bonds is 4. The minimum absolute atomic E-state index is 0.460. The van der Waals surface area contributed by atoms with Gasteiger partial charge in [0.2, 0.25) is 6.41 Å². The van der Waals surface area contributed by atoms with Gasteiger partial charge in [-0.05, 0) is 19.1 Å². The van der Waals surface area contributed by atoms with Crippen molar-refractivity contribution in [2.24, 2.45) is 0 Å². The molecule has 0 saturated carbocycles. The summed E-state index contributed by atoms with van der Waals surface area (Å²) in [6.45, 7) is 5.17. The van der Waals surface area contributed by atoms with E-state index in [9.17, 15) is 4.79 Å². The van der Waals surface area contributed by atoms with Crippen LogP contribution in [0.25, 0.3) is 0 Å². The lowest BCUT2D eigenvalue weighted by molar-refractivity contribution is -0.108. The van der Waals surface area contributed by atoms with Crippen molar-refractivity contribution >= 4 is 6.41 Å². The molecule has 0 aromatic carbocycles.